The van der Waals surface area contributed by atoms with Crippen molar-refractivity contribution in [3.8, 4) is 12.3 Å². The maximum absolute atomic E-state index is 12.1. The van der Waals surface area contributed by atoms with Crippen LogP contribution in [-0.4, -0.2) is 32.3 Å². The summed E-state index contributed by atoms with van der Waals surface area (Å²) in [5.41, 5.74) is -0.0766. The van der Waals surface area contributed by atoms with Gasteiger partial charge in [0.15, 0.2) is 11.3 Å². The molecule has 2 aromatic rings. The van der Waals surface area contributed by atoms with Crippen LogP contribution < -0.4 is 11.0 Å². The highest BCUT2D eigenvalue weighted by Crippen LogP contribution is 2.37. The standard InChI is InChI=1S/C16H18N6O2/c1-2-3-8-16(19-20-16)9-7-14(23)17-10-12-22-15(24)21-11-5-4-6-13(21)18-22/h1,4-6,11H,3,7-10,12H2,(H,17,23). The number of nitrogens with one attached hydrogen (secondary N) is 1. The average Bonchev–Trinajstić information content (AvgIpc) is 3.30. The second-order valence-electron chi connectivity index (χ2n) is 5.67. The van der Waals surface area contributed by atoms with Gasteiger partial charge in [0.25, 0.3) is 0 Å². The molecule has 0 fully saturated rings. The lowest BCUT2D eigenvalue weighted by molar-refractivity contribution is -0.121. The van der Waals surface area contributed by atoms with Crippen LogP contribution in [0, 0.1) is 12.3 Å². The zero-order valence-corrected chi connectivity index (χ0v) is 13.2. The van der Waals surface area contributed by atoms with Crippen LogP contribution in [0.4, 0.5) is 0 Å². The van der Waals surface area contributed by atoms with E-state index in [2.05, 4.69) is 26.6 Å². The first-order chi connectivity index (χ1) is 11.6. The summed E-state index contributed by atoms with van der Waals surface area (Å²) >= 11 is 0. The van der Waals surface area contributed by atoms with Gasteiger partial charge < -0.3 is 5.32 Å². The Kier molecular flexibility index (Phi) is 4.42. The number of amides is 1. The molecule has 1 aliphatic heterocycles. The lowest BCUT2D eigenvalue weighted by atomic mass is 10.0. The number of rotatable bonds is 8. The molecule has 1 amide bonds. The van der Waals surface area contributed by atoms with Crippen molar-refractivity contribution in [3.05, 3.63) is 34.9 Å². The quantitative estimate of drug-likeness (QED) is 0.732. The Morgan fingerprint density at radius 3 is 2.88 bits per heavy atom. The highest BCUT2D eigenvalue weighted by atomic mass is 16.2. The van der Waals surface area contributed by atoms with Gasteiger partial charge in [0.05, 0.1) is 6.54 Å². The van der Waals surface area contributed by atoms with Crippen LogP contribution in [0.3, 0.4) is 0 Å². The fourth-order valence-corrected chi connectivity index (χ4v) is 2.49. The molecule has 0 atom stereocenters. The van der Waals surface area contributed by atoms with Gasteiger partial charge in [0.1, 0.15) is 0 Å². The Morgan fingerprint density at radius 1 is 1.33 bits per heavy atom. The summed E-state index contributed by atoms with van der Waals surface area (Å²) in [5, 5.41) is 15.0. The molecule has 0 saturated carbocycles. The Hall–Kier alpha value is -2.95. The van der Waals surface area contributed by atoms with Crippen molar-refractivity contribution in [1.29, 1.82) is 0 Å². The maximum atomic E-state index is 12.1. The first-order valence-electron chi connectivity index (χ1n) is 7.82. The molecule has 0 unspecified atom stereocenters. The zero-order valence-electron chi connectivity index (χ0n) is 13.2. The van der Waals surface area contributed by atoms with E-state index in [9.17, 15) is 9.59 Å². The van der Waals surface area contributed by atoms with Crippen molar-refractivity contribution in [2.45, 2.75) is 37.9 Å². The normalized spacial score (nSPS) is 14.5. The van der Waals surface area contributed by atoms with E-state index in [1.807, 2.05) is 6.07 Å². The van der Waals surface area contributed by atoms with Crippen molar-refractivity contribution >= 4 is 11.6 Å². The van der Waals surface area contributed by atoms with Crippen molar-refractivity contribution in [2.75, 3.05) is 6.54 Å². The fourth-order valence-electron chi connectivity index (χ4n) is 2.49. The van der Waals surface area contributed by atoms with Crippen molar-refractivity contribution < 1.29 is 4.79 Å². The van der Waals surface area contributed by atoms with Crippen LogP contribution in [0.5, 0.6) is 0 Å². The Morgan fingerprint density at radius 2 is 2.17 bits per heavy atom. The van der Waals surface area contributed by atoms with Crippen molar-refractivity contribution in [2.24, 2.45) is 10.2 Å². The number of nitrogens with zero attached hydrogens (tertiary/aromatic N) is 5. The highest BCUT2D eigenvalue weighted by molar-refractivity contribution is 5.75. The van der Waals surface area contributed by atoms with Gasteiger partial charge in [-0.15, -0.1) is 17.4 Å². The van der Waals surface area contributed by atoms with E-state index < -0.39 is 5.66 Å². The summed E-state index contributed by atoms with van der Waals surface area (Å²) in [4.78, 5) is 24.0. The summed E-state index contributed by atoms with van der Waals surface area (Å²) in [5.74, 6) is 2.46. The predicted molar refractivity (Wildman–Crippen MR) is 87.3 cm³/mol. The van der Waals surface area contributed by atoms with Gasteiger partial charge in [0.2, 0.25) is 5.91 Å². The molecule has 0 bridgehead atoms. The summed E-state index contributed by atoms with van der Waals surface area (Å²) < 4.78 is 2.81. The van der Waals surface area contributed by atoms with Gasteiger partial charge in [-0.1, -0.05) is 6.07 Å². The van der Waals surface area contributed by atoms with Crippen LogP contribution in [0.2, 0.25) is 0 Å². The smallest absolute Gasteiger partial charge is 0.350 e. The lowest BCUT2D eigenvalue weighted by Gasteiger charge is -2.09. The molecule has 0 radical (unpaired) electrons. The first-order valence-corrected chi connectivity index (χ1v) is 7.82. The molecular formula is C16H18N6O2. The number of aromatic nitrogens is 3. The Balaban J connectivity index is 1.44. The minimum Gasteiger partial charge on any atom is -0.354 e. The maximum Gasteiger partial charge on any atom is 0.350 e. The van der Waals surface area contributed by atoms with E-state index in [0.29, 0.717) is 44.4 Å². The molecule has 2 aromatic heterocycles. The number of fused-ring (bicyclic) bond motifs is 1. The van der Waals surface area contributed by atoms with Crippen molar-refractivity contribution in [3.63, 3.8) is 0 Å². The van der Waals surface area contributed by atoms with E-state index in [1.165, 1.54) is 9.08 Å². The highest BCUT2D eigenvalue weighted by Gasteiger charge is 2.39. The minimum atomic E-state index is -0.442. The zero-order chi connectivity index (χ0) is 17.0. The van der Waals surface area contributed by atoms with Gasteiger partial charge in [-0.05, 0) is 12.1 Å². The Labute approximate surface area is 138 Å². The van der Waals surface area contributed by atoms with E-state index in [0.717, 1.165) is 0 Å². The van der Waals surface area contributed by atoms with Crippen LogP contribution in [0.25, 0.3) is 5.65 Å². The second-order valence-corrected chi connectivity index (χ2v) is 5.67. The molecule has 8 nitrogen and oxygen atoms in total. The SMILES string of the molecule is C#CCCC1(CCC(=O)NCCn2nc3ccccn3c2=O)N=N1. The largest absolute Gasteiger partial charge is 0.354 e. The van der Waals surface area contributed by atoms with Crippen LogP contribution >= 0.6 is 0 Å². The first kappa shape index (κ1) is 15.9. The molecule has 8 heteroatoms. The number of hydrogen-bond acceptors (Lipinski definition) is 5. The molecule has 1 aliphatic rings. The fraction of sp³-hybridized carbons (Fsp3) is 0.438. The molecule has 0 aliphatic carbocycles. The number of carbonyl (C=O) groups is 1. The van der Waals surface area contributed by atoms with E-state index in [4.69, 9.17) is 6.42 Å². The number of hydrogen-bond donors (Lipinski definition) is 1. The second kappa shape index (κ2) is 6.66. The minimum absolute atomic E-state index is 0.0933. The lowest BCUT2D eigenvalue weighted by Crippen LogP contribution is -2.31. The van der Waals surface area contributed by atoms with Gasteiger partial charge in [0, 0.05) is 38.4 Å². The van der Waals surface area contributed by atoms with E-state index in [-0.39, 0.29) is 11.6 Å². The van der Waals surface area contributed by atoms with Crippen LogP contribution in [0.15, 0.2) is 39.4 Å². The van der Waals surface area contributed by atoms with Gasteiger partial charge in [-0.3, -0.25) is 9.20 Å². The molecule has 0 aromatic carbocycles. The molecular weight excluding hydrogens is 308 g/mol. The average molecular weight is 326 g/mol. The number of pyridine rings is 1. The molecule has 0 saturated heterocycles. The van der Waals surface area contributed by atoms with Crippen LogP contribution in [0.1, 0.15) is 25.7 Å². The molecule has 24 heavy (non-hydrogen) atoms. The van der Waals surface area contributed by atoms with E-state index >= 15 is 0 Å². The Bertz CT molecular complexity index is 867. The number of carbonyl (C=O) groups excluding carboxylic acids is 1. The van der Waals surface area contributed by atoms with E-state index in [1.54, 1.807) is 18.3 Å². The van der Waals surface area contributed by atoms with Gasteiger partial charge >= 0.3 is 5.69 Å². The molecule has 3 rings (SSSR count). The van der Waals surface area contributed by atoms with Crippen molar-refractivity contribution in [1.82, 2.24) is 19.5 Å². The molecule has 1 N–H and O–H groups in total. The molecule has 3 heterocycles. The van der Waals surface area contributed by atoms with Gasteiger partial charge in [-0.25, -0.2) is 9.48 Å². The van der Waals surface area contributed by atoms with Gasteiger partial charge in [-0.2, -0.15) is 10.2 Å². The summed E-state index contributed by atoms with van der Waals surface area (Å²) in [6.45, 7) is 0.664. The summed E-state index contributed by atoms with van der Waals surface area (Å²) in [6.07, 6.45) is 9.08. The third kappa shape index (κ3) is 3.51. The third-order valence-electron chi connectivity index (χ3n) is 3.94. The molecule has 0 spiro atoms. The number of terminal acetylenes is 1. The summed E-state index contributed by atoms with van der Waals surface area (Å²) in [7, 11) is 0. The molecule has 124 valence electrons. The summed E-state index contributed by atoms with van der Waals surface area (Å²) in [6, 6.07) is 5.35. The third-order valence-corrected chi connectivity index (χ3v) is 3.94. The van der Waals surface area contributed by atoms with Crippen LogP contribution in [-0.2, 0) is 11.3 Å². The predicted octanol–water partition coefficient (Wildman–Crippen LogP) is 0.968. The topological polar surface area (TPSA) is 93.1 Å². The monoisotopic (exact) mass is 326 g/mol.